The number of hydrogen-bond donors (Lipinski definition) is 1. The van der Waals surface area contributed by atoms with Crippen LogP contribution in [0.2, 0.25) is 0 Å². The van der Waals surface area contributed by atoms with Crippen molar-refractivity contribution < 1.29 is 4.52 Å². The Balaban J connectivity index is 1.86. The minimum Gasteiger partial charge on any atom is -0.398 e. The predicted octanol–water partition coefficient (Wildman–Crippen LogP) is 3.53. The van der Waals surface area contributed by atoms with Gasteiger partial charge in [0.1, 0.15) is 0 Å². The molecule has 0 atom stereocenters. The van der Waals surface area contributed by atoms with E-state index in [1.54, 1.807) is 0 Å². The fraction of sp³-hybridized carbons (Fsp3) is 0.176. The lowest BCUT2D eigenvalue weighted by Gasteiger charge is -2.01. The maximum atomic E-state index is 5.97. The Morgan fingerprint density at radius 3 is 2.48 bits per heavy atom. The summed E-state index contributed by atoms with van der Waals surface area (Å²) in [6.07, 6.45) is 0.648. The number of benzene rings is 2. The summed E-state index contributed by atoms with van der Waals surface area (Å²) in [6.45, 7) is 4.07. The van der Waals surface area contributed by atoms with E-state index in [0.717, 1.165) is 16.7 Å². The van der Waals surface area contributed by atoms with Gasteiger partial charge in [0.2, 0.25) is 0 Å². The molecule has 0 unspecified atom stereocenters. The van der Waals surface area contributed by atoms with Crippen LogP contribution in [0.4, 0.5) is 5.69 Å². The number of anilines is 1. The summed E-state index contributed by atoms with van der Waals surface area (Å²) in [6, 6.07) is 14.1. The third-order valence-electron chi connectivity index (χ3n) is 3.39. The van der Waals surface area contributed by atoms with Crippen molar-refractivity contribution in [1.82, 2.24) is 10.1 Å². The van der Waals surface area contributed by atoms with Crippen LogP contribution in [0, 0.1) is 13.8 Å². The molecule has 0 aliphatic rings. The Kier molecular flexibility index (Phi) is 3.44. The molecule has 2 aromatic carbocycles. The second-order valence-corrected chi connectivity index (χ2v) is 5.27. The van der Waals surface area contributed by atoms with Gasteiger partial charge in [0, 0.05) is 12.1 Å². The first kappa shape index (κ1) is 13.4. The number of nitrogens with two attached hydrogens (primary N) is 1. The number of hydrogen-bond acceptors (Lipinski definition) is 4. The third-order valence-corrected chi connectivity index (χ3v) is 3.39. The molecule has 21 heavy (non-hydrogen) atoms. The zero-order chi connectivity index (χ0) is 14.8. The molecule has 2 N–H and O–H groups in total. The summed E-state index contributed by atoms with van der Waals surface area (Å²) < 4.78 is 5.34. The first-order valence-corrected chi connectivity index (χ1v) is 6.86. The van der Waals surface area contributed by atoms with Gasteiger partial charge in [-0.3, -0.25) is 0 Å². The van der Waals surface area contributed by atoms with Gasteiger partial charge < -0.3 is 10.3 Å². The zero-order valence-electron chi connectivity index (χ0n) is 12.1. The van der Waals surface area contributed by atoms with Crippen LogP contribution in [-0.2, 0) is 6.42 Å². The molecule has 0 fully saturated rings. The number of nitrogen functional groups attached to an aromatic ring is 1. The second kappa shape index (κ2) is 5.40. The molecule has 0 aliphatic heterocycles. The molecule has 0 bridgehead atoms. The number of nitrogens with zero attached hydrogens (tertiary/aromatic N) is 2. The Hall–Kier alpha value is -2.62. The van der Waals surface area contributed by atoms with E-state index in [1.165, 1.54) is 5.56 Å². The SMILES string of the molecule is Cc1ccc(Cc2noc(-c3cc(C)ccc3N)n2)cc1. The molecule has 1 aromatic heterocycles. The van der Waals surface area contributed by atoms with Crippen LogP contribution in [0.25, 0.3) is 11.5 Å². The molecule has 0 aliphatic carbocycles. The molecular weight excluding hydrogens is 262 g/mol. The lowest BCUT2D eigenvalue weighted by molar-refractivity contribution is 0.424. The Morgan fingerprint density at radius 2 is 1.71 bits per heavy atom. The van der Waals surface area contributed by atoms with Crippen LogP contribution in [-0.4, -0.2) is 10.1 Å². The highest BCUT2D eigenvalue weighted by atomic mass is 16.5. The van der Waals surface area contributed by atoms with Crippen LogP contribution in [0.5, 0.6) is 0 Å². The molecule has 0 amide bonds. The van der Waals surface area contributed by atoms with Crippen LogP contribution < -0.4 is 5.73 Å². The fourth-order valence-corrected chi connectivity index (χ4v) is 2.18. The van der Waals surface area contributed by atoms with Crippen molar-refractivity contribution in [2.45, 2.75) is 20.3 Å². The van der Waals surface area contributed by atoms with E-state index in [-0.39, 0.29) is 0 Å². The molecule has 0 radical (unpaired) electrons. The van der Waals surface area contributed by atoms with Crippen molar-refractivity contribution in [1.29, 1.82) is 0 Å². The first-order chi connectivity index (χ1) is 10.1. The van der Waals surface area contributed by atoms with E-state index in [9.17, 15) is 0 Å². The van der Waals surface area contributed by atoms with Gasteiger partial charge in [-0.2, -0.15) is 4.98 Å². The van der Waals surface area contributed by atoms with E-state index in [4.69, 9.17) is 10.3 Å². The smallest absolute Gasteiger partial charge is 0.260 e. The molecule has 1 heterocycles. The van der Waals surface area contributed by atoms with E-state index in [0.29, 0.717) is 23.8 Å². The molecule has 0 saturated carbocycles. The van der Waals surface area contributed by atoms with Gasteiger partial charge in [-0.25, -0.2) is 0 Å². The van der Waals surface area contributed by atoms with E-state index in [2.05, 4.69) is 41.3 Å². The molecular formula is C17H17N3O. The topological polar surface area (TPSA) is 64.9 Å². The van der Waals surface area contributed by atoms with Crippen LogP contribution >= 0.6 is 0 Å². The summed E-state index contributed by atoms with van der Waals surface area (Å²) in [5.74, 6) is 1.13. The minimum absolute atomic E-state index is 0.471. The second-order valence-electron chi connectivity index (χ2n) is 5.27. The molecule has 4 heteroatoms. The standard InChI is InChI=1S/C17H17N3O/c1-11-3-6-13(7-4-11)10-16-19-17(21-20-16)14-9-12(2)5-8-15(14)18/h3-9H,10,18H2,1-2H3. The van der Waals surface area contributed by atoms with Crippen molar-refractivity contribution >= 4 is 5.69 Å². The van der Waals surface area contributed by atoms with E-state index in [1.807, 2.05) is 25.1 Å². The van der Waals surface area contributed by atoms with Gasteiger partial charge in [0.15, 0.2) is 5.82 Å². The van der Waals surface area contributed by atoms with Gasteiger partial charge in [0.25, 0.3) is 5.89 Å². The van der Waals surface area contributed by atoms with Crippen molar-refractivity contribution in [3.8, 4) is 11.5 Å². The van der Waals surface area contributed by atoms with Gasteiger partial charge in [-0.1, -0.05) is 46.6 Å². The highest BCUT2D eigenvalue weighted by molar-refractivity contribution is 5.71. The van der Waals surface area contributed by atoms with Crippen LogP contribution in [0.1, 0.15) is 22.5 Å². The molecule has 3 rings (SSSR count). The minimum atomic E-state index is 0.471. The van der Waals surface area contributed by atoms with Crippen molar-refractivity contribution in [2.24, 2.45) is 0 Å². The van der Waals surface area contributed by atoms with Crippen LogP contribution in [0.15, 0.2) is 47.0 Å². The summed E-state index contributed by atoms with van der Waals surface area (Å²) >= 11 is 0. The lowest BCUT2D eigenvalue weighted by atomic mass is 10.1. The quantitative estimate of drug-likeness (QED) is 0.745. The summed E-state index contributed by atoms with van der Waals surface area (Å²) in [4.78, 5) is 4.44. The largest absolute Gasteiger partial charge is 0.398 e. The normalized spacial score (nSPS) is 10.8. The van der Waals surface area contributed by atoms with Gasteiger partial charge >= 0.3 is 0 Å². The molecule has 3 aromatic rings. The summed E-state index contributed by atoms with van der Waals surface area (Å²) in [5.41, 5.74) is 10.9. The Morgan fingerprint density at radius 1 is 1.00 bits per heavy atom. The van der Waals surface area contributed by atoms with E-state index >= 15 is 0 Å². The lowest BCUT2D eigenvalue weighted by Crippen LogP contribution is -1.93. The fourth-order valence-electron chi connectivity index (χ4n) is 2.18. The highest BCUT2D eigenvalue weighted by Crippen LogP contribution is 2.25. The molecule has 4 nitrogen and oxygen atoms in total. The van der Waals surface area contributed by atoms with Gasteiger partial charge in [-0.15, -0.1) is 0 Å². The highest BCUT2D eigenvalue weighted by Gasteiger charge is 2.12. The molecule has 106 valence electrons. The van der Waals surface area contributed by atoms with Crippen molar-refractivity contribution in [3.63, 3.8) is 0 Å². The number of aryl methyl sites for hydroxylation is 2. The van der Waals surface area contributed by atoms with Crippen LogP contribution in [0.3, 0.4) is 0 Å². The Labute approximate surface area is 123 Å². The third kappa shape index (κ3) is 2.94. The predicted molar refractivity (Wildman–Crippen MR) is 82.9 cm³/mol. The maximum absolute atomic E-state index is 5.97. The average molecular weight is 279 g/mol. The average Bonchev–Trinajstić information content (AvgIpc) is 2.92. The first-order valence-electron chi connectivity index (χ1n) is 6.86. The summed E-state index contributed by atoms with van der Waals surface area (Å²) in [5, 5.41) is 4.04. The number of rotatable bonds is 3. The molecule has 0 saturated heterocycles. The van der Waals surface area contributed by atoms with Crippen molar-refractivity contribution in [2.75, 3.05) is 5.73 Å². The monoisotopic (exact) mass is 279 g/mol. The molecule has 0 spiro atoms. The number of aromatic nitrogens is 2. The Bertz CT molecular complexity index is 760. The van der Waals surface area contributed by atoms with Gasteiger partial charge in [-0.05, 0) is 31.5 Å². The maximum Gasteiger partial charge on any atom is 0.260 e. The van der Waals surface area contributed by atoms with E-state index < -0.39 is 0 Å². The summed E-state index contributed by atoms with van der Waals surface area (Å²) in [7, 11) is 0. The zero-order valence-corrected chi connectivity index (χ0v) is 12.1. The van der Waals surface area contributed by atoms with Crippen molar-refractivity contribution in [3.05, 3.63) is 65.0 Å². The van der Waals surface area contributed by atoms with Gasteiger partial charge in [0.05, 0.1) is 5.56 Å².